The van der Waals surface area contributed by atoms with Crippen molar-refractivity contribution in [2.24, 2.45) is 0 Å². The van der Waals surface area contributed by atoms with E-state index in [1.807, 2.05) is 26.0 Å². The number of nitrogen functional groups attached to an aromatic ring is 1. The Balaban J connectivity index is 2.24. The Kier molecular flexibility index (Phi) is 4.47. The van der Waals surface area contributed by atoms with Crippen LogP contribution in [-0.2, 0) is 6.54 Å². The Hall–Kier alpha value is -2.50. The van der Waals surface area contributed by atoms with E-state index in [0.29, 0.717) is 41.7 Å². The van der Waals surface area contributed by atoms with E-state index in [9.17, 15) is 4.79 Å². The Morgan fingerprint density at radius 3 is 2.86 bits per heavy atom. The molecule has 21 heavy (non-hydrogen) atoms. The van der Waals surface area contributed by atoms with Crippen LogP contribution in [-0.4, -0.2) is 22.3 Å². The van der Waals surface area contributed by atoms with Crippen LogP contribution in [0, 0.1) is 6.92 Å². The van der Waals surface area contributed by atoms with Gasteiger partial charge in [-0.05, 0) is 32.9 Å². The third-order valence-electron chi connectivity index (χ3n) is 3.09. The summed E-state index contributed by atoms with van der Waals surface area (Å²) in [5.74, 6) is 0.437. The zero-order valence-electron chi connectivity index (χ0n) is 12.5. The van der Waals surface area contributed by atoms with Crippen LogP contribution < -0.4 is 15.8 Å². The van der Waals surface area contributed by atoms with Gasteiger partial charge in [0.05, 0.1) is 18.0 Å². The number of amides is 1. The van der Waals surface area contributed by atoms with Crippen LogP contribution in [0.4, 0.5) is 11.4 Å². The van der Waals surface area contributed by atoms with Crippen LogP contribution in [0.5, 0.6) is 5.75 Å². The van der Waals surface area contributed by atoms with Gasteiger partial charge in [-0.15, -0.1) is 0 Å². The predicted molar refractivity (Wildman–Crippen MR) is 82.6 cm³/mol. The molecule has 3 N–H and O–H groups in total. The van der Waals surface area contributed by atoms with Crippen LogP contribution >= 0.6 is 0 Å². The van der Waals surface area contributed by atoms with Gasteiger partial charge in [0.25, 0.3) is 5.91 Å². The Labute approximate surface area is 123 Å². The first kappa shape index (κ1) is 14.9. The van der Waals surface area contributed by atoms with E-state index in [2.05, 4.69) is 10.4 Å². The maximum Gasteiger partial charge on any atom is 0.276 e. The molecule has 0 fully saturated rings. The van der Waals surface area contributed by atoms with Crippen LogP contribution in [0.25, 0.3) is 0 Å². The zero-order valence-corrected chi connectivity index (χ0v) is 12.5. The molecule has 1 aromatic carbocycles. The van der Waals surface area contributed by atoms with Crippen molar-refractivity contribution in [3.63, 3.8) is 0 Å². The molecule has 1 amide bonds. The van der Waals surface area contributed by atoms with Gasteiger partial charge in [-0.3, -0.25) is 9.48 Å². The summed E-state index contributed by atoms with van der Waals surface area (Å²) in [5, 5.41) is 7.07. The summed E-state index contributed by atoms with van der Waals surface area (Å²) in [6.45, 7) is 6.77. The minimum atomic E-state index is -0.274. The molecule has 1 heterocycles. The van der Waals surface area contributed by atoms with Gasteiger partial charge in [-0.25, -0.2) is 0 Å². The molecule has 2 aromatic rings. The molecular formula is C15H20N4O2. The van der Waals surface area contributed by atoms with E-state index in [1.165, 1.54) is 0 Å². The molecule has 1 aromatic heterocycles. The molecule has 112 valence electrons. The highest BCUT2D eigenvalue weighted by Gasteiger charge is 2.19. The number of benzene rings is 1. The highest BCUT2D eigenvalue weighted by molar-refractivity contribution is 6.06. The number of nitrogens with one attached hydrogen (secondary N) is 1. The lowest BCUT2D eigenvalue weighted by molar-refractivity contribution is 0.101. The highest BCUT2D eigenvalue weighted by Crippen LogP contribution is 2.21. The number of ether oxygens (including phenoxy) is 1. The first-order chi connectivity index (χ1) is 10.1. The topological polar surface area (TPSA) is 82.2 Å². The lowest BCUT2D eigenvalue weighted by atomic mass is 10.2. The standard InChI is InChI=1S/C15H20N4O2/c1-4-19-14(13(16)10(3)18-19)15(20)17-11-7-6-8-12(9-11)21-5-2/h6-9H,4-5,16H2,1-3H3,(H,17,20). The van der Waals surface area contributed by atoms with Gasteiger partial charge < -0.3 is 15.8 Å². The average molecular weight is 288 g/mol. The third kappa shape index (κ3) is 3.16. The van der Waals surface area contributed by atoms with Crippen molar-refractivity contribution < 1.29 is 9.53 Å². The molecule has 0 aliphatic carbocycles. The van der Waals surface area contributed by atoms with Crippen molar-refractivity contribution in [1.82, 2.24) is 9.78 Å². The highest BCUT2D eigenvalue weighted by atomic mass is 16.5. The van der Waals surface area contributed by atoms with E-state index in [0.717, 1.165) is 0 Å². The fraction of sp³-hybridized carbons (Fsp3) is 0.333. The molecule has 0 unspecified atom stereocenters. The van der Waals surface area contributed by atoms with E-state index < -0.39 is 0 Å². The summed E-state index contributed by atoms with van der Waals surface area (Å²) in [6.07, 6.45) is 0. The largest absolute Gasteiger partial charge is 0.494 e. The number of anilines is 2. The number of nitrogens with two attached hydrogens (primary N) is 1. The number of aryl methyl sites for hydroxylation is 2. The van der Waals surface area contributed by atoms with Crippen molar-refractivity contribution in [3.05, 3.63) is 35.7 Å². The van der Waals surface area contributed by atoms with Crippen molar-refractivity contribution in [2.75, 3.05) is 17.7 Å². The van der Waals surface area contributed by atoms with Gasteiger partial charge in [0.2, 0.25) is 0 Å². The van der Waals surface area contributed by atoms with Gasteiger partial charge in [0.15, 0.2) is 0 Å². The zero-order chi connectivity index (χ0) is 15.4. The number of aromatic nitrogens is 2. The third-order valence-corrected chi connectivity index (χ3v) is 3.09. The number of nitrogens with zero attached hydrogens (tertiary/aromatic N) is 2. The summed E-state index contributed by atoms with van der Waals surface area (Å²) < 4.78 is 7.02. The minimum absolute atomic E-state index is 0.274. The number of rotatable bonds is 5. The number of hydrogen-bond acceptors (Lipinski definition) is 4. The Morgan fingerprint density at radius 2 is 2.19 bits per heavy atom. The molecule has 0 saturated heterocycles. The maximum absolute atomic E-state index is 12.4. The van der Waals surface area contributed by atoms with Crippen molar-refractivity contribution in [2.45, 2.75) is 27.3 Å². The Morgan fingerprint density at radius 1 is 1.43 bits per heavy atom. The maximum atomic E-state index is 12.4. The fourth-order valence-electron chi connectivity index (χ4n) is 2.08. The van der Waals surface area contributed by atoms with Gasteiger partial charge >= 0.3 is 0 Å². The van der Waals surface area contributed by atoms with Gasteiger partial charge in [-0.2, -0.15) is 5.10 Å². The molecule has 0 aliphatic rings. The molecule has 0 bridgehead atoms. The number of carbonyl (C=O) groups excluding carboxylic acids is 1. The molecule has 6 heteroatoms. The van der Waals surface area contributed by atoms with Gasteiger partial charge in [0, 0.05) is 18.3 Å². The van der Waals surface area contributed by atoms with Crippen molar-refractivity contribution >= 4 is 17.3 Å². The predicted octanol–water partition coefficient (Wildman–Crippen LogP) is 2.44. The van der Waals surface area contributed by atoms with Crippen LogP contribution in [0.1, 0.15) is 30.0 Å². The number of carbonyl (C=O) groups is 1. The normalized spacial score (nSPS) is 10.4. The molecule has 6 nitrogen and oxygen atoms in total. The average Bonchev–Trinajstić information content (AvgIpc) is 2.75. The smallest absolute Gasteiger partial charge is 0.276 e. The molecular weight excluding hydrogens is 268 g/mol. The van der Waals surface area contributed by atoms with Gasteiger partial charge in [0.1, 0.15) is 11.4 Å². The van der Waals surface area contributed by atoms with Crippen LogP contribution in [0.15, 0.2) is 24.3 Å². The van der Waals surface area contributed by atoms with E-state index >= 15 is 0 Å². The first-order valence-electron chi connectivity index (χ1n) is 6.93. The molecule has 0 aliphatic heterocycles. The summed E-state index contributed by atoms with van der Waals surface area (Å²) in [7, 11) is 0. The Bertz CT molecular complexity index is 649. The van der Waals surface area contributed by atoms with E-state index in [-0.39, 0.29) is 5.91 Å². The van der Waals surface area contributed by atoms with E-state index in [4.69, 9.17) is 10.5 Å². The fourth-order valence-corrected chi connectivity index (χ4v) is 2.08. The molecule has 0 radical (unpaired) electrons. The molecule has 0 saturated carbocycles. The molecule has 0 atom stereocenters. The SMILES string of the molecule is CCOc1cccc(NC(=O)c2c(N)c(C)nn2CC)c1. The van der Waals surface area contributed by atoms with Crippen LogP contribution in [0.3, 0.4) is 0 Å². The van der Waals surface area contributed by atoms with Crippen LogP contribution in [0.2, 0.25) is 0 Å². The second-order valence-electron chi connectivity index (χ2n) is 4.58. The monoisotopic (exact) mass is 288 g/mol. The summed E-state index contributed by atoms with van der Waals surface area (Å²) in [5.41, 5.74) is 8.06. The molecule has 0 spiro atoms. The van der Waals surface area contributed by atoms with Gasteiger partial charge in [-0.1, -0.05) is 6.07 Å². The minimum Gasteiger partial charge on any atom is -0.494 e. The lowest BCUT2D eigenvalue weighted by Gasteiger charge is -2.09. The first-order valence-corrected chi connectivity index (χ1v) is 6.93. The second-order valence-corrected chi connectivity index (χ2v) is 4.58. The lowest BCUT2D eigenvalue weighted by Crippen LogP contribution is -2.18. The summed E-state index contributed by atoms with van der Waals surface area (Å²) in [4.78, 5) is 12.4. The molecule has 2 rings (SSSR count). The quantitative estimate of drug-likeness (QED) is 0.885. The summed E-state index contributed by atoms with van der Waals surface area (Å²) in [6, 6.07) is 7.24. The van der Waals surface area contributed by atoms with Crippen molar-refractivity contribution in [1.29, 1.82) is 0 Å². The second kappa shape index (κ2) is 6.30. The van der Waals surface area contributed by atoms with Crippen molar-refractivity contribution in [3.8, 4) is 5.75 Å². The number of hydrogen-bond donors (Lipinski definition) is 2. The van der Waals surface area contributed by atoms with E-state index in [1.54, 1.807) is 23.7 Å². The summed E-state index contributed by atoms with van der Waals surface area (Å²) >= 11 is 0.